The monoisotopic (exact) mass is 293 g/mol. The van der Waals surface area contributed by atoms with Crippen molar-refractivity contribution >= 4 is 17.9 Å². The van der Waals surface area contributed by atoms with E-state index in [1.54, 1.807) is 0 Å². The van der Waals surface area contributed by atoms with Crippen molar-refractivity contribution in [1.82, 2.24) is 4.90 Å². The SMILES string of the molecule is CC(c1cccc(Cl)c1)N(C)CC1(C=O)CCCCC1. The van der Waals surface area contributed by atoms with Crippen molar-refractivity contribution < 1.29 is 4.79 Å². The second-order valence-corrected chi connectivity index (χ2v) is 6.62. The first-order chi connectivity index (χ1) is 9.56. The van der Waals surface area contributed by atoms with Gasteiger partial charge < -0.3 is 4.79 Å². The Bertz CT molecular complexity index is 454. The van der Waals surface area contributed by atoms with Gasteiger partial charge in [-0.2, -0.15) is 0 Å². The van der Waals surface area contributed by atoms with Crippen LogP contribution in [0.15, 0.2) is 24.3 Å². The maximum Gasteiger partial charge on any atom is 0.127 e. The predicted molar refractivity (Wildman–Crippen MR) is 84.1 cm³/mol. The molecule has 3 heteroatoms. The van der Waals surface area contributed by atoms with Gasteiger partial charge in [0, 0.05) is 23.0 Å². The number of hydrogen-bond donors (Lipinski definition) is 0. The molecular formula is C17H24ClNO. The standard InChI is InChI=1S/C17H24ClNO/c1-14(15-7-6-8-16(18)11-15)19(2)12-17(13-20)9-4-3-5-10-17/h6-8,11,13-14H,3-5,9-10,12H2,1-2H3. The molecule has 1 atom stereocenters. The summed E-state index contributed by atoms with van der Waals surface area (Å²) in [5.74, 6) is 0. The number of nitrogens with zero attached hydrogens (tertiary/aromatic N) is 1. The molecule has 0 radical (unpaired) electrons. The average Bonchev–Trinajstić information content (AvgIpc) is 2.47. The van der Waals surface area contributed by atoms with E-state index in [9.17, 15) is 4.79 Å². The Morgan fingerprint density at radius 1 is 1.35 bits per heavy atom. The number of hydrogen-bond acceptors (Lipinski definition) is 2. The molecule has 0 heterocycles. The third-order valence-electron chi connectivity index (χ3n) is 4.66. The molecule has 1 fully saturated rings. The van der Waals surface area contributed by atoms with Crippen molar-refractivity contribution in [3.8, 4) is 0 Å². The predicted octanol–water partition coefficient (Wildman–Crippen LogP) is 4.48. The van der Waals surface area contributed by atoms with Gasteiger partial charge in [-0.3, -0.25) is 4.90 Å². The molecule has 1 unspecified atom stereocenters. The lowest BCUT2D eigenvalue weighted by Crippen LogP contribution is -2.39. The molecule has 0 spiro atoms. The Morgan fingerprint density at radius 2 is 2.05 bits per heavy atom. The molecule has 1 aliphatic carbocycles. The number of carbonyl (C=O) groups is 1. The fourth-order valence-electron chi connectivity index (χ4n) is 3.22. The van der Waals surface area contributed by atoms with Gasteiger partial charge in [-0.1, -0.05) is 43.0 Å². The van der Waals surface area contributed by atoms with Crippen LogP contribution in [0.2, 0.25) is 5.02 Å². The van der Waals surface area contributed by atoms with Crippen LogP contribution in [0.1, 0.15) is 50.6 Å². The van der Waals surface area contributed by atoms with Gasteiger partial charge in [-0.25, -0.2) is 0 Å². The lowest BCUT2D eigenvalue weighted by molar-refractivity contribution is -0.119. The van der Waals surface area contributed by atoms with E-state index >= 15 is 0 Å². The molecule has 0 bridgehead atoms. The Labute approximate surface area is 127 Å². The Kier molecular flexibility index (Phi) is 5.22. The largest absolute Gasteiger partial charge is 0.303 e. The summed E-state index contributed by atoms with van der Waals surface area (Å²) in [6, 6.07) is 8.26. The summed E-state index contributed by atoms with van der Waals surface area (Å²) < 4.78 is 0. The molecule has 0 saturated heterocycles. The molecule has 2 nitrogen and oxygen atoms in total. The molecule has 0 aliphatic heterocycles. The summed E-state index contributed by atoms with van der Waals surface area (Å²) >= 11 is 6.07. The van der Waals surface area contributed by atoms with E-state index in [4.69, 9.17) is 11.6 Å². The molecule has 0 aromatic heterocycles. The maximum atomic E-state index is 11.6. The van der Waals surface area contributed by atoms with E-state index in [-0.39, 0.29) is 11.5 Å². The average molecular weight is 294 g/mol. The van der Waals surface area contributed by atoms with Crippen LogP contribution in [-0.4, -0.2) is 24.8 Å². The molecule has 1 saturated carbocycles. The molecule has 1 aliphatic rings. The fourth-order valence-corrected chi connectivity index (χ4v) is 3.42. The van der Waals surface area contributed by atoms with Crippen LogP contribution in [0.5, 0.6) is 0 Å². The summed E-state index contributed by atoms with van der Waals surface area (Å²) in [6.45, 7) is 3.01. The van der Waals surface area contributed by atoms with Crippen molar-refractivity contribution in [2.24, 2.45) is 5.41 Å². The fraction of sp³-hybridized carbons (Fsp3) is 0.588. The summed E-state index contributed by atoms with van der Waals surface area (Å²) in [5, 5.41) is 0.769. The maximum absolute atomic E-state index is 11.6. The van der Waals surface area contributed by atoms with Crippen LogP contribution in [0, 0.1) is 5.41 Å². The van der Waals surface area contributed by atoms with E-state index in [0.29, 0.717) is 0 Å². The minimum atomic E-state index is -0.139. The number of aldehydes is 1. The van der Waals surface area contributed by atoms with Gasteiger partial charge in [0.1, 0.15) is 6.29 Å². The molecule has 1 aromatic carbocycles. The lowest BCUT2D eigenvalue weighted by atomic mass is 9.74. The van der Waals surface area contributed by atoms with Gasteiger partial charge in [0.2, 0.25) is 0 Å². The van der Waals surface area contributed by atoms with Gasteiger partial charge in [0.15, 0.2) is 0 Å². The van der Waals surface area contributed by atoms with Crippen molar-refractivity contribution in [1.29, 1.82) is 0 Å². The highest BCUT2D eigenvalue weighted by atomic mass is 35.5. The highest BCUT2D eigenvalue weighted by Gasteiger charge is 2.33. The Balaban J connectivity index is 2.06. The number of carbonyl (C=O) groups excluding carboxylic acids is 1. The van der Waals surface area contributed by atoms with E-state index in [2.05, 4.69) is 24.9 Å². The first-order valence-corrected chi connectivity index (χ1v) is 7.86. The van der Waals surface area contributed by atoms with Crippen molar-refractivity contribution in [2.75, 3.05) is 13.6 Å². The minimum absolute atomic E-state index is 0.139. The first kappa shape index (κ1) is 15.5. The Morgan fingerprint density at radius 3 is 2.65 bits per heavy atom. The summed E-state index contributed by atoms with van der Waals surface area (Å²) in [6.07, 6.45) is 6.89. The smallest absolute Gasteiger partial charge is 0.127 e. The first-order valence-electron chi connectivity index (χ1n) is 7.48. The second-order valence-electron chi connectivity index (χ2n) is 6.19. The number of rotatable bonds is 5. The van der Waals surface area contributed by atoms with Gasteiger partial charge in [-0.15, -0.1) is 0 Å². The second kappa shape index (κ2) is 6.73. The molecule has 1 aromatic rings. The lowest BCUT2D eigenvalue weighted by Gasteiger charge is -2.38. The van der Waals surface area contributed by atoms with Gasteiger partial charge in [0.25, 0.3) is 0 Å². The van der Waals surface area contributed by atoms with Crippen molar-refractivity contribution in [2.45, 2.75) is 45.1 Å². The highest BCUT2D eigenvalue weighted by Crippen LogP contribution is 2.36. The van der Waals surface area contributed by atoms with E-state index in [0.717, 1.165) is 24.4 Å². The molecule has 0 N–H and O–H groups in total. The van der Waals surface area contributed by atoms with Gasteiger partial charge in [-0.05, 0) is 44.5 Å². The number of halogens is 1. The zero-order valence-electron chi connectivity index (χ0n) is 12.4. The topological polar surface area (TPSA) is 20.3 Å². The van der Waals surface area contributed by atoms with E-state index < -0.39 is 0 Å². The molecule has 110 valence electrons. The van der Waals surface area contributed by atoms with Crippen LogP contribution in [0.3, 0.4) is 0 Å². The summed E-state index contributed by atoms with van der Waals surface area (Å²) in [4.78, 5) is 13.9. The molecule has 0 amide bonds. The van der Waals surface area contributed by atoms with E-state index in [1.165, 1.54) is 31.1 Å². The van der Waals surface area contributed by atoms with Crippen molar-refractivity contribution in [3.05, 3.63) is 34.9 Å². The van der Waals surface area contributed by atoms with Crippen LogP contribution in [-0.2, 0) is 4.79 Å². The zero-order valence-corrected chi connectivity index (χ0v) is 13.2. The third-order valence-corrected chi connectivity index (χ3v) is 4.89. The van der Waals surface area contributed by atoms with Crippen molar-refractivity contribution in [3.63, 3.8) is 0 Å². The number of benzene rings is 1. The van der Waals surface area contributed by atoms with Gasteiger partial charge in [0.05, 0.1) is 0 Å². The van der Waals surface area contributed by atoms with Crippen LogP contribution in [0.4, 0.5) is 0 Å². The quantitative estimate of drug-likeness (QED) is 0.746. The van der Waals surface area contributed by atoms with Crippen LogP contribution >= 0.6 is 11.6 Å². The highest BCUT2D eigenvalue weighted by molar-refractivity contribution is 6.30. The summed E-state index contributed by atoms with van der Waals surface area (Å²) in [5.41, 5.74) is 1.07. The Hall–Kier alpha value is -0.860. The molecular weight excluding hydrogens is 270 g/mol. The van der Waals surface area contributed by atoms with Crippen LogP contribution in [0.25, 0.3) is 0 Å². The van der Waals surface area contributed by atoms with E-state index in [1.807, 2.05) is 18.2 Å². The zero-order chi connectivity index (χ0) is 14.6. The third kappa shape index (κ3) is 3.62. The van der Waals surface area contributed by atoms with Crippen LogP contribution < -0.4 is 0 Å². The summed E-state index contributed by atoms with van der Waals surface area (Å²) in [7, 11) is 2.10. The normalized spacial score (nSPS) is 19.8. The van der Waals surface area contributed by atoms with Gasteiger partial charge >= 0.3 is 0 Å². The molecule has 20 heavy (non-hydrogen) atoms. The minimum Gasteiger partial charge on any atom is -0.303 e. The molecule has 2 rings (SSSR count).